The van der Waals surface area contributed by atoms with Gasteiger partial charge in [0.2, 0.25) is 0 Å². The van der Waals surface area contributed by atoms with Gasteiger partial charge in [-0.2, -0.15) is 0 Å². The molecule has 0 aliphatic carbocycles. The molecular weight excluding hydrogens is 214 g/mol. The molecule has 1 aromatic rings. The summed E-state index contributed by atoms with van der Waals surface area (Å²) in [5.74, 6) is 0. The Balaban J connectivity index is 2.91. The Morgan fingerprint density at radius 2 is 2.23 bits per heavy atom. The molecular formula is C7H5ClNO3S-. The molecule has 1 aromatic carbocycles. The van der Waals surface area contributed by atoms with Crippen molar-refractivity contribution in [2.75, 3.05) is 4.72 Å². The van der Waals surface area contributed by atoms with Gasteiger partial charge in [0.1, 0.15) is 0 Å². The third-order valence-electron chi connectivity index (χ3n) is 1.29. The van der Waals surface area contributed by atoms with E-state index in [1.165, 1.54) is 24.3 Å². The quantitative estimate of drug-likeness (QED) is 0.614. The second kappa shape index (κ2) is 4.36. The van der Waals surface area contributed by atoms with Crippen molar-refractivity contribution >= 4 is 33.8 Å². The molecule has 1 N–H and O–H groups in total. The molecule has 0 fully saturated rings. The Morgan fingerprint density at radius 1 is 1.54 bits per heavy atom. The minimum Gasteiger partial charge on any atom is -0.755 e. The number of halogens is 1. The molecule has 1 unspecified atom stereocenters. The van der Waals surface area contributed by atoms with Crippen molar-refractivity contribution in [1.82, 2.24) is 0 Å². The van der Waals surface area contributed by atoms with Crippen LogP contribution in [0.5, 0.6) is 0 Å². The number of hydrogen-bond acceptors (Lipinski definition) is 3. The summed E-state index contributed by atoms with van der Waals surface area (Å²) < 4.78 is 22.5. The highest BCUT2D eigenvalue weighted by atomic mass is 35.5. The molecule has 1 rings (SSSR count). The Kier molecular flexibility index (Phi) is 3.41. The van der Waals surface area contributed by atoms with Crippen LogP contribution in [0.3, 0.4) is 0 Å². The van der Waals surface area contributed by atoms with E-state index in [9.17, 15) is 13.6 Å². The van der Waals surface area contributed by atoms with Crippen LogP contribution in [0.1, 0.15) is 10.4 Å². The van der Waals surface area contributed by atoms with Gasteiger partial charge in [0.15, 0.2) is 0 Å². The number of carbonyl (C=O) groups excluding carboxylic acids is 1. The van der Waals surface area contributed by atoms with Gasteiger partial charge in [-0.05, 0) is 29.8 Å². The van der Waals surface area contributed by atoms with E-state index in [1.54, 1.807) is 0 Å². The minimum absolute atomic E-state index is 0.247. The fourth-order valence-electron chi connectivity index (χ4n) is 0.801. The van der Waals surface area contributed by atoms with Crippen LogP contribution in [0.4, 0.5) is 5.69 Å². The summed E-state index contributed by atoms with van der Waals surface area (Å²) in [7, 11) is 0. The van der Waals surface area contributed by atoms with Crippen LogP contribution in [-0.2, 0) is 11.3 Å². The third kappa shape index (κ3) is 3.14. The first-order valence-electron chi connectivity index (χ1n) is 3.25. The summed E-state index contributed by atoms with van der Waals surface area (Å²) in [5.41, 5.74) is 0.553. The molecule has 0 bridgehead atoms. The largest absolute Gasteiger partial charge is 0.755 e. The lowest BCUT2D eigenvalue weighted by molar-refractivity contribution is 0.108. The van der Waals surface area contributed by atoms with Crippen LogP contribution in [-0.4, -0.2) is 14.0 Å². The molecule has 0 heterocycles. The van der Waals surface area contributed by atoms with Crippen molar-refractivity contribution in [2.45, 2.75) is 0 Å². The summed E-state index contributed by atoms with van der Waals surface area (Å²) in [6, 6.07) is 5.89. The average Bonchev–Trinajstić information content (AvgIpc) is 2.03. The third-order valence-corrected chi connectivity index (χ3v) is 1.91. The molecule has 0 radical (unpaired) electrons. The van der Waals surface area contributed by atoms with E-state index in [2.05, 4.69) is 4.72 Å². The molecule has 0 saturated heterocycles. The maximum atomic E-state index is 10.7. The molecule has 0 aliphatic heterocycles. The van der Waals surface area contributed by atoms with Gasteiger partial charge in [0, 0.05) is 22.5 Å². The number of carbonyl (C=O) groups is 1. The van der Waals surface area contributed by atoms with E-state index in [0.29, 0.717) is 5.69 Å². The highest BCUT2D eigenvalue weighted by Crippen LogP contribution is 2.12. The minimum atomic E-state index is -2.39. The SMILES string of the molecule is O=C(Cl)c1cccc(NS(=O)[O-])c1. The average molecular weight is 219 g/mol. The normalized spacial score (nSPS) is 12.2. The molecule has 1 atom stereocenters. The van der Waals surface area contributed by atoms with Gasteiger partial charge in [-0.1, -0.05) is 6.07 Å². The van der Waals surface area contributed by atoms with E-state index >= 15 is 0 Å². The van der Waals surface area contributed by atoms with Crippen molar-refractivity contribution in [3.05, 3.63) is 29.8 Å². The standard InChI is InChI=1S/C7H6ClNO3S/c8-7(10)5-2-1-3-6(4-5)9-13(11)12/h1-4,9H,(H,11,12)/p-1. The van der Waals surface area contributed by atoms with Gasteiger partial charge in [-0.25, -0.2) is 0 Å². The molecule has 0 spiro atoms. The summed E-state index contributed by atoms with van der Waals surface area (Å²) in [6.45, 7) is 0. The van der Waals surface area contributed by atoms with Gasteiger partial charge < -0.3 is 9.27 Å². The van der Waals surface area contributed by atoms with Gasteiger partial charge in [-0.15, -0.1) is 0 Å². The summed E-state index contributed by atoms with van der Waals surface area (Å²) in [4.78, 5) is 10.7. The van der Waals surface area contributed by atoms with Crippen molar-refractivity contribution < 1.29 is 13.6 Å². The zero-order chi connectivity index (χ0) is 9.84. The van der Waals surface area contributed by atoms with E-state index < -0.39 is 16.5 Å². The molecule has 0 aromatic heterocycles. The van der Waals surface area contributed by atoms with Crippen LogP contribution in [0.15, 0.2) is 24.3 Å². The van der Waals surface area contributed by atoms with Crippen LogP contribution in [0.25, 0.3) is 0 Å². The number of nitrogens with one attached hydrogen (secondary N) is 1. The Bertz CT molecular complexity index is 355. The van der Waals surface area contributed by atoms with E-state index in [4.69, 9.17) is 11.6 Å². The van der Waals surface area contributed by atoms with E-state index in [0.717, 1.165) is 0 Å². The van der Waals surface area contributed by atoms with Gasteiger partial charge in [0.05, 0.1) is 0 Å². The predicted molar refractivity (Wildman–Crippen MR) is 49.2 cm³/mol. The second-order valence-corrected chi connectivity index (χ2v) is 3.21. The topological polar surface area (TPSA) is 69.2 Å². The number of benzene rings is 1. The highest BCUT2D eigenvalue weighted by Gasteiger charge is 2.01. The van der Waals surface area contributed by atoms with Crippen LogP contribution in [0.2, 0.25) is 0 Å². The van der Waals surface area contributed by atoms with Crippen molar-refractivity contribution in [1.29, 1.82) is 0 Å². The van der Waals surface area contributed by atoms with Gasteiger partial charge in [0.25, 0.3) is 5.24 Å². The van der Waals surface area contributed by atoms with Crippen LogP contribution >= 0.6 is 11.6 Å². The summed E-state index contributed by atoms with van der Waals surface area (Å²) in [6.07, 6.45) is 0. The molecule has 6 heteroatoms. The lowest BCUT2D eigenvalue weighted by Gasteiger charge is -2.08. The first-order chi connectivity index (χ1) is 6.09. The Morgan fingerprint density at radius 3 is 2.77 bits per heavy atom. The van der Waals surface area contributed by atoms with Crippen LogP contribution < -0.4 is 4.72 Å². The lowest BCUT2D eigenvalue weighted by Crippen LogP contribution is -2.02. The zero-order valence-corrected chi connectivity index (χ0v) is 7.89. The van der Waals surface area contributed by atoms with Crippen molar-refractivity contribution in [3.63, 3.8) is 0 Å². The zero-order valence-electron chi connectivity index (χ0n) is 6.32. The molecule has 0 amide bonds. The fraction of sp³-hybridized carbons (Fsp3) is 0. The molecule has 13 heavy (non-hydrogen) atoms. The van der Waals surface area contributed by atoms with E-state index in [1.807, 2.05) is 0 Å². The molecule has 0 aliphatic rings. The van der Waals surface area contributed by atoms with Crippen molar-refractivity contribution in [2.24, 2.45) is 0 Å². The van der Waals surface area contributed by atoms with Crippen molar-refractivity contribution in [3.8, 4) is 0 Å². The van der Waals surface area contributed by atoms with Gasteiger partial charge in [-0.3, -0.25) is 9.00 Å². The molecule has 70 valence electrons. The first kappa shape index (κ1) is 10.2. The Hall–Kier alpha value is -0.910. The summed E-state index contributed by atoms with van der Waals surface area (Å²) >= 11 is 2.80. The monoisotopic (exact) mass is 218 g/mol. The van der Waals surface area contributed by atoms with E-state index in [-0.39, 0.29) is 5.56 Å². The highest BCUT2D eigenvalue weighted by molar-refractivity contribution is 7.80. The predicted octanol–water partition coefficient (Wildman–Crippen LogP) is 1.27. The number of hydrogen-bond donors (Lipinski definition) is 1. The number of rotatable bonds is 3. The first-order valence-corrected chi connectivity index (χ1v) is 4.70. The molecule has 4 nitrogen and oxygen atoms in total. The van der Waals surface area contributed by atoms with Gasteiger partial charge >= 0.3 is 0 Å². The fourth-order valence-corrected chi connectivity index (χ4v) is 1.24. The smallest absolute Gasteiger partial charge is 0.252 e. The second-order valence-electron chi connectivity index (χ2n) is 2.19. The maximum Gasteiger partial charge on any atom is 0.252 e. The summed E-state index contributed by atoms with van der Waals surface area (Å²) in [5, 5.41) is -0.625. The number of anilines is 1. The maximum absolute atomic E-state index is 10.7. The Labute approximate surface area is 82.3 Å². The lowest BCUT2D eigenvalue weighted by atomic mass is 10.2. The van der Waals surface area contributed by atoms with Crippen LogP contribution in [0, 0.1) is 0 Å². The molecule has 0 saturated carbocycles.